The molecule has 5 nitrogen and oxygen atoms in total. The minimum atomic E-state index is -3.00. The number of rotatable bonds is 5. The summed E-state index contributed by atoms with van der Waals surface area (Å²) in [5, 5.41) is 0.639. The SMILES string of the molecule is CCN(C(=O)CSc1nc2cc(Cl)ccc2s1)[C@H]1CCS(=O)(=O)C1. The number of benzene rings is 1. The monoisotopic (exact) mass is 404 g/mol. The number of nitrogens with zero attached hydrogens (tertiary/aromatic N) is 2. The number of amides is 1. The third kappa shape index (κ3) is 4.04. The van der Waals surface area contributed by atoms with Crippen LogP contribution in [0.2, 0.25) is 5.02 Å². The van der Waals surface area contributed by atoms with Crippen LogP contribution in [0.15, 0.2) is 22.5 Å². The van der Waals surface area contributed by atoms with Crippen molar-refractivity contribution < 1.29 is 13.2 Å². The molecule has 0 unspecified atom stereocenters. The number of aromatic nitrogens is 1. The average Bonchev–Trinajstić information content (AvgIpc) is 3.08. The second kappa shape index (κ2) is 7.19. The van der Waals surface area contributed by atoms with Crippen LogP contribution in [0.3, 0.4) is 0 Å². The average molecular weight is 405 g/mol. The molecule has 2 aromatic rings. The van der Waals surface area contributed by atoms with E-state index >= 15 is 0 Å². The van der Waals surface area contributed by atoms with Crippen LogP contribution in [0.5, 0.6) is 0 Å². The van der Waals surface area contributed by atoms with Crippen LogP contribution >= 0.6 is 34.7 Å². The van der Waals surface area contributed by atoms with Crippen molar-refractivity contribution in [3.8, 4) is 0 Å². The van der Waals surface area contributed by atoms with Gasteiger partial charge in [0.05, 0.1) is 27.5 Å². The Labute approximate surface area is 154 Å². The molecule has 0 aliphatic carbocycles. The lowest BCUT2D eigenvalue weighted by molar-refractivity contribution is -0.129. The molecule has 2 heterocycles. The second-order valence-corrected chi connectivity index (χ2v) is 10.5. The molecule has 1 atom stereocenters. The van der Waals surface area contributed by atoms with Crippen molar-refractivity contribution in [2.24, 2.45) is 0 Å². The summed E-state index contributed by atoms with van der Waals surface area (Å²) < 4.78 is 25.1. The van der Waals surface area contributed by atoms with Gasteiger partial charge < -0.3 is 4.90 Å². The molecule has 0 N–H and O–H groups in total. The molecular weight excluding hydrogens is 388 g/mol. The first-order valence-corrected chi connectivity index (χ1v) is 11.6. The molecule has 24 heavy (non-hydrogen) atoms. The van der Waals surface area contributed by atoms with E-state index in [-0.39, 0.29) is 29.2 Å². The molecule has 0 saturated carbocycles. The van der Waals surface area contributed by atoms with E-state index in [2.05, 4.69) is 4.98 Å². The Balaban J connectivity index is 1.64. The zero-order chi connectivity index (χ0) is 17.3. The fourth-order valence-electron chi connectivity index (χ4n) is 2.81. The Hall–Kier alpha value is -0.830. The second-order valence-electron chi connectivity index (χ2n) is 5.62. The van der Waals surface area contributed by atoms with Crippen LogP contribution in [0.1, 0.15) is 13.3 Å². The molecule has 1 aliphatic heterocycles. The van der Waals surface area contributed by atoms with Gasteiger partial charge in [0, 0.05) is 17.6 Å². The molecule has 0 bridgehead atoms. The highest BCUT2D eigenvalue weighted by Crippen LogP contribution is 2.31. The molecule has 1 aliphatic rings. The summed E-state index contributed by atoms with van der Waals surface area (Å²) in [6.07, 6.45) is 0.534. The van der Waals surface area contributed by atoms with E-state index in [1.54, 1.807) is 11.0 Å². The number of sulfone groups is 1. The van der Waals surface area contributed by atoms with Crippen molar-refractivity contribution in [2.45, 2.75) is 23.7 Å². The van der Waals surface area contributed by atoms with E-state index in [1.165, 1.54) is 23.1 Å². The number of carbonyl (C=O) groups is 1. The first kappa shape index (κ1) is 18.0. The smallest absolute Gasteiger partial charge is 0.233 e. The minimum Gasteiger partial charge on any atom is -0.338 e. The molecule has 1 amide bonds. The summed E-state index contributed by atoms with van der Waals surface area (Å²) >= 11 is 8.87. The highest BCUT2D eigenvalue weighted by molar-refractivity contribution is 8.01. The normalized spacial score (nSPS) is 19.7. The van der Waals surface area contributed by atoms with E-state index in [0.29, 0.717) is 18.0 Å². The number of halogens is 1. The molecule has 1 aromatic carbocycles. The molecule has 3 rings (SSSR count). The standard InChI is InChI=1S/C15H17ClN2O3S3/c1-2-18(11-5-6-24(20,21)9-11)14(19)8-22-15-17-12-7-10(16)3-4-13(12)23-15/h3-4,7,11H,2,5-6,8-9H2,1H3/t11-/m0/s1. The number of hydrogen-bond acceptors (Lipinski definition) is 6. The fourth-order valence-corrected chi connectivity index (χ4v) is 6.64. The third-order valence-corrected chi connectivity index (χ3v) is 8.11. The van der Waals surface area contributed by atoms with E-state index in [0.717, 1.165) is 14.6 Å². The largest absolute Gasteiger partial charge is 0.338 e. The van der Waals surface area contributed by atoms with Gasteiger partial charge in [0.15, 0.2) is 14.2 Å². The molecule has 1 fully saturated rings. The lowest BCUT2D eigenvalue weighted by Crippen LogP contribution is -2.41. The third-order valence-electron chi connectivity index (χ3n) is 3.96. The Morgan fingerprint density at radius 1 is 1.50 bits per heavy atom. The molecule has 130 valence electrons. The maximum absolute atomic E-state index is 12.5. The number of fused-ring (bicyclic) bond motifs is 1. The van der Waals surface area contributed by atoms with E-state index < -0.39 is 9.84 Å². The van der Waals surface area contributed by atoms with Crippen molar-refractivity contribution in [1.82, 2.24) is 9.88 Å². The highest BCUT2D eigenvalue weighted by atomic mass is 35.5. The van der Waals surface area contributed by atoms with E-state index in [1.807, 2.05) is 19.1 Å². The van der Waals surface area contributed by atoms with E-state index in [9.17, 15) is 13.2 Å². The lowest BCUT2D eigenvalue weighted by atomic mass is 10.2. The van der Waals surface area contributed by atoms with Crippen molar-refractivity contribution in [2.75, 3.05) is 23.8 Å². The van der Waals surface area contributed by atoms with Crippen molar-refractivity contribution in [3.05, 3.63) is 23.2 Å². The Bertz CT molecular complexity index is 866. The van der Waals surface area contributed by atoms with Gasteiger partial charge in [0.2, 0.25) is 5.91 Å². The van der Waals surface area contributed by atoms with Gasteiger partial charge in [-0.1, -0.05) is 23.4 Å². The molecule has 0 spiro atoms. The highest BCUT2D eigenvalue weighted by Gasteiger charge is 2.33. The van der Waals surface area contributed by atoms with Gasteiger partial charge in [0.1, 0.15) is 0 Å². The predicted octanol–water partition coefficient (Wildman–Crippen LogP) is 3.08. The fraction of sp³-hybridized carbons (Fsp3) is 0.467. The predicted molar refractivity (Wildman–Crippen MR) is 99.8 cm³/mol. The number of thioether (sulfide) groups is 1. The number of carbonyl (C=O) groups excluding carboxylic acids is 1. The van der Waals surface area contributed by atoms with Gasteiger partial charge >= 0.3 is 0 Å². The van der Waals surface area contributed by atoms with Crippen molar-refractivity contribution in [1.29, 1.82) is 0 Å². The van der Waals surface area contributed by atoms with Gasteiger partial charge in [-0.05, 0) is 31.5 Å². The van der Waals surface area contributed by atoms with Gasteiger partial charge in [-0.3, -0.25) is 4.79 Å². The van der Waals surface area contributed by atoms with Crippen LogP contribution in [0, 0.1) is 0 Å². The van der Waals surface area contributed by atoms with Crippen LogP contribution < -0.4 is 0 Å². The van der Waals surface area contributed by atoms with Gasteiger partial charge in [-0.25, -0.2) is 13.4 Å². The molecule has 0 radical (unpaired) electrons. The zero-order valence-electron chi connectivity index (χ0n) is 13.1. The van der Waals surface area contributed by atoms with Crippen LogP contribution in [0.4, 0.5) is 0 Å². The maximum atomic E-state index is 12.5. The minimum absolute atomic E-state index is 0.0399. The summed E-state index contributed by atoms with van der Waals surface area (Å²) in [5.74, 6) is 0.476. The van der Waals surface area contributed by atoms with Crippen molar-refractivity contribution in [3.63, 3.8) is 0 Å². The summed E-state index contributed by atoms with van der Waals surface area (Å²) in [6, 6.07) is 5.35. The Morgan fingerprint density at radius 2 is 2.29 bits per heavy atom. The summed E-state index contributed by atoms with van der Waals surface area (Å²) in [5.41, 5.74) is 0.830. The summed E-state index contributed by atoms with van der Waals surface area (Å²) in [4.78, 5) is 18.6. The van der Waals surface area contributed by atoms with Crippen LogP contribution in [-0.2, 0) is 14.6 Å². The Kier molecular flexibility index (Phi) is 5.39. The maximum Gasteiger partial charge on any atom is 0.233 e. The summed E-state index contributed by atoms with van der Waals surface area (Å²) in [7, 11) is -3.00. The van der Waals surface area contributed by atoms with Crippen molar-refractivity contribution >= 4 is 60.7 Å². The van der Waals surface area contributed by atoms with Gasteiger partial charge in [0.25, 0.3) is 0 Å². The number of thiazole rings is 1. The van der Waals surface area contributed by atoms with Gasteiger partial charge in [-0.15, -0.1) is 11.3 Å². The van der Waals surface area contributed by atoms with Crippen LogP contribution in [0.25, 0.3) is 10.2 Å². The Morgan fingerprint density at radius 3 is 2.96 bits per heavy atom. The lowest BCUT2D eigenvalue weighted by Gasteiger charge is -2.26. The quantitative estimate of drug-likeness (QED) is 0.716. The van der Waals surface area contributed by atoms with E-state index in [4.69, 9.17) is 11.6 Å². The molecule has 1 saturated heterocycles. The molecular formula is C15H17ClN2O3S3. The topological polar surface area (TPSA) is 67.3 Å². The first-order valence-electron chi connectivity index (χ1n) is 7.57. The van der Waals surface area contributed by atoms with Gasteiger partial charge in [-0.2, -0.15) is 0 Å². The molecule has 1 aromatic heterocycles. The first-order chi connectivity index (χ1) is 11.4. The zero-order valence-corrected chi connectivity index (χ0v) is 16.3. The molecule has 9 heteroatoms. The number of hydrogen-bond donors (Lipinski definition) is 0. The van der Waals surface area contributed by atoms with Crippen LogP contribution in [-0.4, -0.2) is 54.1 Å². The summed E-state index contributed by atoms with van der Waals surface area (Å²) in [6.45, 7) is 2.40.